The van der Waals surface area contributed by atoms with Crippen molar-refractivity contribution in [1.82, 2.24) is 5.32 Å². The van der Waals surface area contributed by atoms with E-state index in [0.717, 1.165) is 0 Å². The third-order valence-corrected chi connectivity index (χ3v) is 2.27. The molecule has 0 heterocycles. The molecule has 1 rings (SSSR count). The fourth-order valence-corrected chi connectivity index (χ4v) is 1.44. The largest absolute Gasteiger partial charge is 0.494 e. The topological polar surface area (TPSA) is 73.9 Å². The minimum Gasteiger partial charge on any atom is -0.494 e. The number of nitrogens with one attached hydrogen (secondary N) is 1. The van der Waals surface area contributed by atoms with Crippen molar-refractivity contribution in [1.29, 1.82) is 0 Å². The molecule has 0 spiro atoms. The van der Waals surface area contributed by atoms with Crippen molar-refractivity contribution in [3.8, 4) is 11.5 Å². The lowest BCUT2D eigenvalue weighted by molar-refractivity contribution is -0.120. The lowest BCUT2D eigenvalue weighted by Crippen LogP contribution is -2.33. The Hall–Kier alpha value is -2.24. The van der Waals surface area contributed by atoms with Gasteiger partial charge in [0.25, 0.3) is 6.47 Å². The van der Waals surface area contributed by atoms with Crippen LogP contribution in [-0.4, -0.2) is 31.3 Å². The minimum absolute atomic E-state index is 0.373. The van der Waals surface area contributed by atoms with E-state index in [4.69, 9.17) is 9.47 Å². The van der Waals surface area contributed by atoms with Gasteiger partial charge in [-0.2, -0.15) is 0 Å². The van der Waals surface area contributed by atoms with Crippen LogP contribution >= 0.6 is 0 Å². The van der Waals surface area contributed by atoms with E-state index in [1.165, 1.54) is 0 Å². The third-order valence-electron chi connectivity index (χ3n) is 2.27. The normalized spacial score (nSPS) is 10.6. The average Bonchev–Trinajstić information content (AvgIpc) is 2.38. The second-order valence-electron chi connectivity index (χ2n) is 5.32. The first-order valence-corrected chi connectivity index (χ1v) is 6.71. The highest BCUT2D eigenvalue weighted by Gasteiger charge is 2.15. The maximum absolute atomic E-state index is 11.4. The Morgan fingerprint density at radius 3 is 2.38 bits per heavy atom. The number of rotatable bonds is 7. The fourth-order valence-electron chi connectivity index (χ4n) is 1.44. The van der Waals surface area contributed by atoms with Gasteiger partial charge in [-0.15, -0.1) is 0 Å². The molecule has 21 heavy (non-hydrogen) atoms. The van der Waals surface area contributed by atoms with Crippen molar-refractivity contribution in [2.75, 3.05) is 13.2 Å². The zero-order chi connectivity index (χ0) is 15.7. The number of hydrogen-bond donors (Lipinski definition) is 1. The van der Waals surface area contributed by atoms with Crippen LogP contribution in [0, 0.1) is 0 Å². The van der Waals surface area contributed by atoms with E-state index in [-0.39, 0.29) is 0 Å². The first kappa shape index (κ1) is 16.8. The molecule has 6 nitrogen and oxygen atoms in total. The van der Waals surface area contributed by atoms with Crippen molar-refractivity contribution in [2.24, 2.45) is 0 Å². The molecular weight excluding hydrogens is 274 g/mol. The number of carbonyl (C=O) groups excluding carboxylic acids is 2. The van der Waals surface area contributed by atoms with Gasteiger partial charge in [-0.05, 0) is 51.5 Å². The van der Waals surface area contributed by atoms with Crippen LogP contribution in [0.3, 0.4) is 0 Å². The number of ether oxygens (including phenoxy) is 3. The summed E-state index contributed by atoms with van der Waals surface area (Å²) in [6.07, 6.45) is 0.226. The Balaban J connectivity index is 2.16. The second-order valence-corrected chi connectivity index (χ2v) is 5.32. The Kier molecular flexibility index (Phi) is 6.52. The van der Waals surface area contributed by atoms with Gasteiger partial charge in [0.05, 0.1) is 6.61 Å². The van der Waals surface area contributed by atoms with Gasteiger partial charge in [0.1, 0.15) is 17.1 Å². The lowest BCUT2D eigenvalue weighted by Gasteiger charge is -2.19. The SMILES string of the molecule is CC(C)(C)OC(=O)NCCCOc1ccc(OC=O)cc1. The molecule has 0 unspecified atom stereocenters. The van der Waals surface area contributed by atoms with Crippen LogP contribution in [0.15, 0.2) is 24.3 Å². The summed E-state index contributed by atoms with van der Waals surface area (Å²) in [5, 5.41) is 2.65. The van der Waals surface area contributed by atoms with Gasteiger partial charge in [-0.3, -0.25) is 4.79 Å². The van der Waals surface area contributed by atoms with E-state index in [9.17, 15) is 9.59 Å². The molecule has 0 saturated carbocycles. The van der Waals surface area contributed by atoms with E-state index in [1.807, 2.05) is 20.8 Å². The van der Waals surface area contributed by atoms with Crippen LogP contribution in [0.4, 0.5) is 4.79 Å². The first-order chi connectivity index (χ1) is 9.90. The van der Waals surface area contributed by atoms with Crippen molar-refractivity contribution in [2.45, 2.75) is 32.8 Å². The fraction of sp³-hybridized carbons (Fsp3) is 0.467. The average molecular weight is 295 g/mol. The van der Waals surface area contributed by atoms with Crippen LogP contribution in [0.25, 0.3) is 0 Å². The highest BCUT2D eigenvalue weighted by Crippen LogP contribution is 2.17. The van der Waals surface area contributed by atoms with Gasteiger partial charge in [-0.1, -0.05) is 0 Å². The zero-order valence-corrected chi connectivity index (χ0v) is 12.5. The molecule has 0 aliphatic carbocycles. The molecule has 0 fully saturated rings. The molecule has 0 aliphatic rings. The molecule has 1 aromatic rings. The van der Waals surface area contributed by atoms with Crippen molar-refractivity contribution in [3.05, 3.63) is 24.3 Å². The molecule has 0 aliphatic heterocycles. The van der Waals surface area contributed by atoms with E-state index >= 15 is 0 Å². The highest BCUT2D eigenvalue weighted by atomic mass is 16.6. The molecule has 6 heteroatoms. The molecule has 0 radical (unpaired) electrons. The Bertz CT molecular complexity index is 450. The maximum atomic E-state index is 11.4. The van der Waals surface area contributed by atoms with E-state index in [0.29, 0.717) is 37.5 Å². The molecule has 0 saturated heterocycles. The van der Waals surface area contributed by atoms with Gasteiger partial charge in [0.2, 0.25) is 0 Å². The first-order valence-electron chi connectivity index (χ1n) is 6.71. The van der Waals surface area contributed by atoms with Gasteiger partial charge in [0.15, 0.2) is 0 Å². The molecular formula is C15H21NO5. The van der Waals surface area contributed by atoms with E-state index in [1.54, 1.807) is 24.3 Å². The van der Waals surface area contributed by atoms with Gasteiger partial charge >= 0.3 is 6.09 Å². The third kappa shape index (κ3) is 7.81. The van der Waals surface area contributed by atoms with Crippen LogP contribution in [0.1, 0.15) is 27.2 Å². The van der Waals surface area contributed by atoms with Crippen LogP contribution in [0.2, 0.25) is 0 Å². The minimum atomic E-state index is -0.494. The standard InChI is InChI=1S/C15H21NO5/c1-15(2,3)21-14(18)16-9-4-10-19-12-5-7-13(8-6-12)20-11-17/h5-8,11H,4,9-10H2,1-3H3,(H,16,18). The van der Waals surface area contributed by atoms with Crippen molar-refractivity contribution in [3.63, 3.8) is 0 Å². The predicted octanol–water partition coefficient (Wildman–Crippen LogP) is 2.52. The van der Waals surface area contributed by atoms with Crippen LogP contribution in [-0.2, 0) is 9.53 Å². The summed E-state index contributed by atoms with van der Waals surface area (Å²) in [6.45, 7) is 6.75. The lowest BCUT2D eigenvalue weighted by atomic mass is 10.2. The van der Waals surface area contributed by atoms with Crippen LogP contribution < -0.4 is 14.8 Å². The Morgan fingerprint density at radius 2 is 1.81 bits per heavy atom. The quantitative estimate of drug-likeness (QED) is 0.618. The zero-order valence-electron chi connectivity index (χ0n) is 12.5. The summed E-state index contributed by atoms with van der Waals surface area (Å²) in [7, 11) is 0. The molecule has 1 aromatic carbocycles. The maximum Gasteiger partial charge on any atom is 0.407 e. The van der Waals surface area contributed by atoms with Crippen molar-refractivity contribution >= 4 is 12.6 Å². The predicted molar refractivity (Wildman–Crippen MR) is 77.5 cm³/mol. The monoisotopic (exact) mass is 295 g/mol. The highest BCUT2D eigenvalue weighted by molar-refractivity contribution is 5.67. The van der Waals surface area contributed by atoms with E-state index < -0.39 is 11.7 Å². The summed E-state index contributed by atoms with van der Waals surface area (Å²) >= 11 is 0. The van der Waals surface area contributed by atoms with Gasteiger partial charge in [-0.25, -0.2) is 4.79 Å². The molecule has 1 N–H and O–H groups in total. The second kappa shape index (κ2) is 8.14. The Labute approximate surface area is 124 Å². The molecule has 0 aromatic heterocycles. The Morgan fingerprint density at radius 1 is 1.19 bits per heavy atom. The molecule has 0 atom stereocenters. The van der Waals surface area contributed by atoms with E-state index in [2.05, 4.69) is 10.1 Å². The van der Waals surface area contributed by atoms with Crippen molar-refractivity contribution < 1.29 is 23.8 Å². The molecule has 116 valence electrons. The molecule has 1 amide bonds. The smallest absolute Gasteiger partial charge is 0.407 e. The molecule has 0 bridgehead atoms. The van der Waals surface area contributed by atoms with Gasteiger partial charge < -0.3 is 19.5 Å². The number of hydrogen-bond acceptors (Lipinski definition) is 5. The van der Waals surface area contributed by atoms with Crippen LogP contribution in [0.5, 0.6) is 11.5 Å². The summed E-state index contributed by atoms with van der Waals surface area (Å²) in [4.78, 5) is 21.5. The summed E-state index contributed by atoms with van der Waals surface area (Å²) < 4.78 is 15.3. The number of amides is 1. The number of alkyl carbamates (subject to hydrolysis) is 1. The summed E-state index contributed by atoms with van der Waals surface area (Å²) in [5.41, 5.74) is -0.494. The number of carbonyl (C=O) groups is 2. The number of benzene rings is 1. The summed E-state index contributed by atoms with van der Waals surface area (Å²) in [6, 6.07) is 6.70. The summed E-state index contributed by atoms with van der Waals surface area (Å²) in [5.74, 6) is 1.13. The van der Waals surface area contributed by atoms with Gasteiger partial charge in [0, 0.05) is 6.54 Å².